The molecule has 166 valence electrons. The molecule has 0 saturated carbocycles. The first-order valence-corrected chi connectivity index (χ1v) is 11.5. The summed E-state index contributed by atoms with van der Waals surface area (Å²) < 4.78 is 22.3. The van der Waals surface area contributed by atoms with Crippen molar-refractivity contribution in [2.45, 2.75) is 17.5 Å². The molecule has 0 amide bonds. The number of benzene rings is 3. The lowest BCUT2D eigenvalue weighted by atomic mass is 10.2. The van der Waals surface area contributed by atoms with E-state index in [1.807, 2.05) is 60.1 Å². The highest BCUT2D eigenvalue weighted by atomic mass is 32.2. The van der Waals surface area contributed by atoms with E-state index >= 15 is 0 Å². The number of halogens is 1. The van der Waals surface area contributed by atoms with Crippen molar-refractivity contribution in [3.63, 3.8) is 0 Å². The van der Waals surface area contributed by atoms with Gasteiger partial charge in [0.05, 0.1) is 19.2 Å². The number of aromatic nitrogens is 3. The smallest absolute Gasteiger partial charge is 0.279 e. The van der Waals surface area contributed by atoms with Crippen molar-refractivity contribution in [1.82, 2.24) is 14.1 Å². The standard InChI is InChI=1S/C26H22FN3O2S/c1-29-22-13-12-20(32-2)14-21(22)23-24(29)25(31)30(15-17-6-4-3-5-7-17)26(28-23)33-16-18-8-10-19(27)11-9-18/h3-14H,15-16H2,1-2H3. The molecule has 0 N–H and O–H groups in total. The summed E-state index contributed by atoms with van der Waals surface area (Å²) in [5.41, 5.74) is 4.01. The van der Waals surface area contributed by atoms with Crippen LogP contribution in [0.4, 0.5) is 4.39 Å². The fraction of sp³-hybridized carbons (Fsp3) is 0.154. The Hall–Kier alpha value is -3.58. The lowest BCUT2D eigenvalue weighted by Gasteiger charge is -2.13. The minimum atomic E-state index is -0.269. The van der Waals surface area contributed by atoms with E-state index in [1.54, 1.807) is 23.8 Å². The predicted molar refractivity (Wildman–Crippen MR) is 131 cm³/mol. The molecule has 0 radical (unpaired) electrons. The van der Waals surface area contributed by atoms with Gasteiger partial charge in [0.1, 0.15) is 22.6 Å². The quantitative estimate of drug-likeness (QED) is 0.253. The van der Waals surface area contributed by atoms with Gasteiger partial charge in [-0.1, -0.05) is 54.2 Å². The van der Waals surface area contributed by atoms with Crippen molar-refractivity contribution in [3.8, 4) is 5.75 Å². The van der Waals surface area contributed by atoms with E-state index in [0.717, 1.165) is 22.0 Å². The molecule has 2 heterocycles. The summed E-state index contributed by atoms with van der Waals surface area (Å²) in [4.78, 5) is 18.7. The molecule has 0 aliphatic carbocycles. The molecular weight excluding hydrogens is 437 g/mol. The topological polar surface area (TPSA) is 49.1 Å². The van der Waals surface area contributed by atoms with Crippen LogP contribution in [-0.2, 0) is 19.3 Å². The van der Waals surface area contributed by atoms with Gasteiger partial charge in [0.25, 0.3) is 5.56 Å². The maximum Gasteiger partial charge on any atom is 0.279 e. The molecule has 0 fully saturated rings. The molecule has 0 atom stereocenters. The summed E-state index contributed by atoms with van der Waals surface area (Å²) in [7, 11) is 3.51. The third-order valence-electron chi connectivity index (χ3n) is 5.73. The van der Waals surface area contributed by atoms with Gasteiger partial charge in [0, 0.05) is 18.2 Å². The Kier molecular flexibility index (Phi) is 5.64. The lowest BCUT2D eigenvalue weighted by Crippen LogP contribution is -2.25. The zero-order chi connectivity index (χ0) is 22.9. The minimum Gasteiger partial charge on any atom is -0.497 e. The van der Waals surface area contributed by atoms with Gasteiger partial charge in [-0.15, -0.1) is 0 Å². The van der Waals surface area contributed by atoms with Gasteiger partial charge < -0.3 is 9.30 Å². The Morgan fingerprint density at radius 1 is 1.00 bits per heavy atom. The minimum absolute atomic E-state index is 0.0943. The lowest BCUT2D eigenvalue weighted by molar-refractivity contribution is 0.415. The number of methoxy groups -OCH3 is 1. The van der Waals surface area contributed by atoms with Gasteiger partial charge in [-0.3, -0.25) is 9.36 Å². The average molecular weight is 460 g/mol. The van der Waals surface area contributed by atoms with Crippen molar-refractivity contribution >= 4 is 33.7 Å². The summed E-state index contributed by atoms with van der Waals surface area (Å²) in [5, 5.41) is 1.50. The molecule has 0 saturated heterocycles. The molecule has 0 spiro atoms. The second kappa shape index (κ2) is 8.75. The Morgan fingerprint density at radius 2 is 1.76 bits per heavy atom. The van der Waals surface area contributed by atoms with Crippen LogP contribution in [0.1, 0.15) is 11.1 Å². The number of fused-ring (bicyclic) bond motifs is 3. The number of rotatable bonds is 6. The molecule has 0 bridgehead atoms. The van der Waals surface area contributed by atoms with Crippen LogP contribution in [0.15, 0.2) is 82.7 Å². The Bertz CT molecular complexity index is 1510. The second-order valence-electron chi connectivity index (χ2n) is 7.83. The molecule has 3 aromatic carbocycles. The van der Waals surface area contributed by atoms with Gasteiger partial charge in [0.2, 0.25) is 0 Å². The van der Waals surface area contributed by atoms with Gasteiger partial charge in [-0.05, 0) is 41.5 Å². The van der Waals surface area contributed by atoms with E-state index in [1.165, 1.54) is 23.9 Å². The predicted octanol–water partition coefficient (Wildman–Crippen LogP) is 5.38. The Labute approximate surface area is 194 Å². The molecule has 33 heavy (non-hydrogen) atoms. The van der Waals surface area contributed by atoms with Crippen LogP contribution < -0.4 is 10.3 Å². The highest BCUT2D eigenvalue weighted by Gasteiger charge is 2.19. The molecule has 5 aromatic rings. The van der Waals surface area contributed by atoms with Crippen molar-refractivity contribution in [2.75, 3.05) is 7.11 Å². The Morgan fingerprint density at radius 3 is 2.48 bits per heavy atom. The average Bonchev–Trinajstić information content (AvgIpc) is 3.12. The van der Waals surface area contributed by atoms with Gasteiger partial charge in [0.15, 0.2) is 5.16 Å². The number of thioether (sulfide) groups is 1. The van der Waals surface area contributed by atoms with E-state index in [0.29, 0.717) is 34.2 Å². The number of nitrogens with zero attached hydrogens (tertiary/aromatic N) is 3. The van der Waals surface area contributed by atoms with Crippen molar-refractivity contribution in [1.29, 1.82) is 0 Å². The fourth-order valence-electron chi connectivity index (χ4n) is 4.00. The van der Waals surface area contributed by atoms with Crippen LogP contribution >= 0.6 is 11.8 Å². The van der Waals surface area contributed by atoms with E-state index in [9.17, 15) is 9.18 Å². The van der Waals surface area contributed by atoms with E-state index in [-0.39, 0.29) is 11.4 Å². The molecule has 7 heteroatoms. The molecule has 2 aromatic heterocycles. The van der Waals surface area contributed by atoms with Crippen LogP contribution in [0.2, 0.25) is 0 Å². The van der Waals surface area contributed by atoms with Crippen LogP contribution in [-0.4, -0.2) is 21.2 Å². The van der Waals surface area contributed by atoms with Crippen LogP contribution in [0, 0.1) is 5.82 Å². The first-order valence-electron chi connectivity index (χ1n) is 10.5. The SMILES string of the molecule is COc1ccc2c(c1)c1nc(SCc3ccc(F)cc3)n(Cc3ccccc3)c(=O)c1n2C. The maximum atomic E-state index is 13.8. The zero-order valence-corrected chi connectivity index (χ0v) is 19.1. The number of ether oxygens (including phenoxy) is 1. The third-order valence-corrected chi connectivity index (χ3v) is 6.78. The molecule has 5 rings (SSSR count). The summed E-state index contributed by atoms with van der Waals surface area (Å²) in [6.07, 6.45) is 0. The summed E-state index contributed by atoms with van der Waals surface area (Å²) in [6.45, 7) is 0.416. The third kappa shape index (κ3) is 4.00. The van der Waals surface area contributed by atoms with E-state index < -0.39 is 0 Å². The number of aryl methyl sites for hydroxylation is 1. The molecule has 0 aliphatic heterocycles. The maximum absolute atomic E-state index is 13.8. The number of hydrogen-bond acceptors (Lipinski definition) is 4. The second-order valence-corrected chi connectivity index (χ2v) is 8.77. The van der Waals surface area contributed by atoms with Crippen molar-refractivity contribution < 1.29 is 9.13 Å². The van der Waals surface area contributed by atoms with Crippen molar-refractivity contribution in [2.24, 2.45) is 7.05 Å². The fourth-order valence-corrected chi connectivity index (χ4v) is 4.95. The molecule has 5 nitrogen and oxygen atoms in total. The highest BCUT2D eigenvalue weighted by Crippen LogP contribution is 2.31. The monoisotopic (exact) mass is 459 g/mol. The van der Waals surface area contributed by atoms with Crippen molar-refractivity contribution in [3.05, 3.63) is 100 Å². The molecular formula is C26H22FN3O2S. The molecule has 0 unspecified atom stereocenters. The van der Waals surface area contributed by atoms with Crippen LogP contribution in [0.25, 0.3) is 21.9 Å². The normalized spacial score (nSPS) is 11.4. The highest BCUT2D eigenvalue weighted by molar-refractivity contribution is 7.98. The van der Waals surface area contributed by atoms with Crippen LogP contribution in [0.5, 0.6) is 5.75 Å². The van der Waals surface area contributed by atoms with Gasteiger partial charge >= 0.3 is 0 Å². The number of hydrogen-bond donors (Lipinski definition) is 0. The summed E-state index contributed by atoms with van der Waals surface area (Å²) in [6, 6.07) is 22.0. The van der Waals surface area contributed by atoms with E-state index in [4.69, 9.17) is 9.72 Å². The Balaban J connectivity index is 1.68. The van der Waals surface area contributed by atoms with Gasteiger partial charge in [-0.25, -0.2) is 9.37 Å². The van der Waals surface area contributed by atoms with Gasteiger partial charge in [-0.2, -0.15) is 0 Å². The summed E-state index contributed by atoms with van der Waals surface area (Å²) >= 11 is 1.47. The van der Waals surface area contributed by atoms with E-state index in [2.05, 4.69) is 0 Å². The summed E-state index contributed by atoms with van der Waals surface area (Å²) in [5.74, 6) is 1.01. The first kappa shape index (κ1) is 21.3. The first-order chi connectivity index (χ1) is 16.0. The molecule has 0 aliphatic rings. The van der Waals surface area contributed by atoms with Crippen LogP contribution in [0.3, 0.4) is 0 Å². The zero-order valence-electron chi connectivity index (χ0n) is 18.3. The largest absolute Gasteiger partial charge is 0.497 e.